The molecule has 3 aromatic heterocycles. The molecule has 4 heterocycles. The van der Waals surface area contributed by atoms with Gasteiger partial charge in [0.15, 0.2) is 5.82 Å². The smallest absolute Gasteiger partial charge is 0.417 e. The Morgan fingerprint density at radius 2 is 1.88 bits per heavy atom. The zero-order valence-electron chi connectivity index (χ0n) is 18.1. The van der Waals surface area contributed by atoms with Gasteiger partial charge in [0.1, 0.15) is 11.8 Å². The number of rotatable bonds is 4. The third-order valence-corrected chi connectivity index (χ3v) is 5.56. The van der Waals surface area contributed by atoms with Gasteiger partial charge in [0, 0.05) is 36.9 Å². The molecule has 0 bridgehead atoms. The van der Waals surface area contributed by atoms with Gasteiger partial charge in [-0.2, -0.15) is 13.2 Å². The zero-order valence-corrected chi connectivity index (χ0v) is 18.1. The molecule has 33 heavy (non-hydrogen) atoms. The fourth-order valence-corrected chi connectivity index (χ4v) is 3.80. The predicted octanol–water partition coefficient (Wildman–Crippen LogP) is 4.33. The molecule has 0 radical (unpaired) electrons. The number of carbonyl (C=O) groups is 1. The molecule has 2 atom stereocenters. The molecule has 0 spiro atoms. The van der Waals surface area contributed by atoms with Gasteiger partial charge in [-0.3, -0.25) is 4.79 Å². The first kappa shape index (κ1) is 22.6. The van der Waals surface area contributed by atoms with Gasteiger partial charge in [-0.1, -0.05) is 0 Å². The van der Waals surface area contributed by atoms with Crippen LogP contribution in [-0.2, 0) is 6.18 Å². The van der Waals surface area contributed by atoms with Crippen molar-refractivity contribution in [2.45, 2.75) is 45.0 Å². The van der Waals surface area contributed by atoms with Crippen LogP contribution < -0.4 is 4.74 Å². The molecule has 0 aromatic carbocycles. The average Bonchev–Trinajstić information content (AvgIpc) is 2.80. The van der Waals surface area contributed by atoms with E-state index < -0.39 is 17.8 Å². The van der Waals surface area contributed by atoms with Gasteiger partial charge in [0.2, 0.25) is 5.88 Å². The summed E-state index contributed by atoms with van der Waals surface area (Å²) in [4.78, 5) is 31.9. The maximum absolute atomic E-state index is 13.5. The van der Waals surface area contributed by atoms with Crippen LogP contribution in [0.2, 0.25) is 0 Å². The topological polar surface area (TPSA) is 81.1 Å². The van der Waals surface area contributed by atoms with E-state index in [2.05, 4.69) is 19.9 Å². The van der Waals surface area contributed by atoms with E-state index in [4.69, 9.17) is 4.74 Å². The maximum atomic E-state index is 13.5. The standard InChI is InChI=1S/C23H22F3N5O2/c1-14-6-8-17(21-27-10-4-11-28-21)20(30-14)22(32)31-12-3-5-18(15(31)2)33-19-9-7-16(13-29-19)23(24,25)26/h4,6-11,13,15,18H,3,5,12H2,1-2H3/t15-,18?/m0/s1. The van der Waals surface area contributed by atoms with Crippen molar-refractivity contribution in [3.63, 3.8) is 0 Å². The Morgan fingerprint density at radius 3 is 2.55 bits per heavy atom. The summed E-state index contributed by atoms with van der Waals surface area (Å²) in [5.74, 6) is 0.211. The highest BCUT2D eigenvalue weighted by molar-refractivity contribution is 5.98. The molecule has 10 heteroatoms. The Hall–Kier alpha value is -3.56. The molecule has 4 rings (SSSR count). The van der Waals surface area contributed by atoms with E-state index in [1.807, 2.05) is 6.92 Å². The fraction of sp³-hybridized carbons (Fsp3) is 0.348. The minimum absolute atomic E-state index is 0.0844. The highest BCUT2D eigenvalue weighted by Crippen LogP contribution is 2.30. The van der Waals surface area contributed by atoms with Crippen LogP contribution in [-0.4, -0.2) is 49.4 Å². The van der Waals surface area contributed by atoms with Crippen molar-refractivity contribution in [2.24, 2.45) is 0 Å². The van der Waals surface area contributed by atoms with Crippen molar-refractivity contribution >= 4 is 5.91 Å². The molecular weight excluding hydrogens is 435 g/mol. The molecular formula is C23H22F3N5O2. The summed E-state index contributed by atoms with van der Waals surface area (Å²) in [6, 6.07) is 7.05. The zero-order chi connectivity index (χ0) is 23.6. The molecule has 172 valence electrons. The van der Waals surface area contributed by atoms with Gasteiger partial charge in [-0.15, -0.1) is 0 Å². The fourth-order valence-electron chi connectivity index (χ4n) is 3.80. The lowest BCUT2D eigenvalue weighted by atomic mass is 9.98. The molecule has 1 saturated heterocycles. The van der Waals surface area contributed by atoms with Gasteiger partial charge in [-0.25, -0.2) is 19.9 Å². The second-order valence-electron chi connectivity index (χ2n) is 7.84. The first-order chi connectivity index (χ1) is 15.7. The molecule has 7 nitrogen and oxygen atoms in total. The number of aryl methyl sites for hydroxylation is 1. The van der Waals surface area contributed by atoms with E-state index in [0.29, 0.717) is 36.5 Å². The minimum atomic E-state index is -4.46. The van der Waals surface area contributed by atoms with E-state index in [1.165, 1.54) is 6.07 Å². The van der Waals surface area contributed by atoms with Crippen LogP contribution >= 0.6 is 0 Å². The minimum Gasteiger partial charge on any atom is -0.472 e. The number of ether oxygens (including phenoxy) is 1. The van der Waals surface area contributed by atoms with Crippen molar-refractivity contribution in [1.82, 2.24) is 24.8 Å². The molecule has 1 unspecified atom stereocenters. The number of aromatic nitrogens is 4. The molecule has 3 aromatic rings. The van der Waals surface area contributed by atoms with Gasteiger partial charge in [-0.05, 0) is 51.0 Å². The maximum Gasteiger partial charge on any atom is 0.417 e. The summed E-state index contributed by atoms with van der Waals surface area (Å²) in [5.41, 5.74) is 0.626. The second-order valence-corrected chi connectivity index (χ2v) is 7.84. The van der Waals surface area contributed by atoms with Gasteiger partial charge >= 0.3 is 6.18 Å². The lowest BCUT2D eigenvalue weighted by Crippen LogP contribution is -2.51. The van der Waals surface area contributed by atoms with E-state index in [9.17, 15) is 18.0 Å². The molecule has 0 aliphatic carbocycles. The van der Waals surface area contributed by atoms with Crippen LogP contribution in [0.1, 0.15) is 41.5 Å². The summed E-state index contributed by atoms with van der Waals surface area (Å²) < 4.78 is 44.2. The Bertz CT molecular complexity index is 1120. The highest BCUT2D eigenvalue weighted by atomic mass is 19.4. The average molecular weight is 457 g/mol. The third-order valence-electron chi connectivity index (χ3n) is 5.56. The number of amides is 1. The monoisotopic (exact) mass is 457 g/mol. The lowest BCUT2D eigenvalue weighted by molar-refractivity contribution is -0.137. The normalized spacial score (nSPS) is 18.8. The summed E-state index contributed by atoms with van der Waals surface area (Å²) in [5, 5.41) is 0. The van der Waals surface area contributed by atoms with Crippen LogP contribution in [0.5, 0.6) is 5.88 Å². The van der Waals surface area contributed by atoms with Crippen molar-refractivity contribution in [1.29, 1.82) is 0 Å². The summed E-state index contributed by atoms with van der Waals surface area (Å²) in [6.07, 6.45) is 0.367. The van der Waals surface area contributed by atoms with Crippen LogP contribution in [0, 0.1) is 6.92 Å². The Labute approximate surface area is 188 Å². The second kappa shape index (κ2) is 9.13. The van der Waals surface area contributed by atoms with E-state index >= 15 is 0 Å². The number of hydrogen-bond donors (Lipinski definition) is 0. The highest BCUT2D eigenvalue weighted by Gasteiger charge is 2.35. The van der Waals surface area contributed by atoms with Crippen molar-refractivity contribution in [3.05, 3.63) is 65.9 Å². The van der Waals surface area contributed by atoms with Crippen LogP contribution in [0.4, 0.5) is 13.2 Å². The number of carbonyl (C=O) groups excluding carboxylic acids is 1. The summed E-state index contributed by atoms with van der Waals surface area (Å²) >= 11 is 0. The Kier molecular flexibility index (Phi) is 6.26. The molecule has 1 amide bonds. The van der Waals surface area contributed by atoms with Crippen molar-refractivity contribution < 1.29 is 22.7 Å². The van der Waals surface area contributed by atoms with Crippen LogP contribution in [0.15, 0.2) is 48.9 Å². The third kappa shape index (κ3) is 4.94. The molecule has 1 fully saturated rings. The SMILES string of the molecule is Cc1ccc(-c2ncccn2)c(C(=O)N2CCCC(Oc3ccc(C(F)(F)F)cn3)[C@@H]2C)n1. The van der Waals surface area contributed by atoms with E-state index in [1.54, 1.807) is 42.4 Å². The largest absolute Gasteiger partial charge is 0.472 e. The first-order valence-corrected chi connectivity index (χ1v) is 10.5. The van der Waals surface area contributed by atoms with Gasteiger partial charge < -0.3 is 9.64 Å². The molecule has 1 aliphatic heterocycles. The van der Waals surface area contributed by atoms with Gasteiger partial charge in [0.05, 0.1) is 17.2 Å². The van der Waals surface area contributed by atoms with Crippen molar-refractivity contribution in [3.8, 4) is 17.3 Å². The number of hydrogen-bond acceptors (Lipinski definition) is 6. The summed E-state index contributed by atoms with van der Waals surface area (Å²) in [7, 11) is 0. The van der Waals surface area contributed by atoms with Crippen LogP contribution in [0.25, 0.3) is 11.4 Å². The van der Waals surface area contributed by atoms with E-state index in [-0.39, 0.29) is 23.5 Å². The number of piperidine rings is 1. The predicted molar refractivity (Wildman–Crippen MR) is 113 cm³/mol. The lowest BCUT2D eigenvalue weighted by Gasteiger charge is -2.39. The first-order valence-electron chi connectivity index (χ1n) is 10.5. The Morgan fingerprint density at radius 1 is 1.12 bits per heavy atom. The van der Waals surface area contributed by atoms with Gasteiger partial charge in [0.25, 0.3) is 5.91 Å². The number of pyridine rings is 2. The molecule has 0 N–H and O–H groups in total. The molecule has 1 aliphatic rings. The summed E-state index contributed by atoms with van der Waals surface area (Å²) in [6.45, 7) is 4.15. The molecule has 0 saturated carbocycles. The van der Waals surface area contributed by atoms with Crippen LogP contribution in [0.3, 0.4) is 0 Å². The van der Waals surface area contributed by atoms with Crippen molar-refractivity contribution in [2.75, 3.05) is 6.54 Å². The quantitative estimate of drug-likeness (QED) is 0.580. The number of likely N-dealkylation sites (tertiary alicyclic amines) is 1. The number of halogens is 3. The van der Waals surface area contributed by atoms with E-state index in [0.717, 1.165) is 12.3 Å². The Balaban J connectivity index is 1.56. The number of alkyl halides is 3. The number of nitrogens with zero attached hydrogens (tertiary/aromatic N) is 5.